The summed E-state index contributed by atoms with van der Waals surface area (Å²) in [5.74, 6) is -1.03. The van der Waals surface area contributed by atoms with Crippen molar-refractivity contribution in [1.82, 2.24) is 5.32 Å². The van der Waals surface area contributed by atoms with Crippen molar-refractivity contribution in [1.29, 1.82) is 0 Å². The number of allylic oxidation sites excluding steroid dienone is 1. The van der Waals surface area contributed by atoms with Crippen LogP contribution in [0.3, 0.4) is 0 Å². The third-order valence-electron chi connectivity index (χ3n) is 4.40. The minimum atomic E-state index is -1.27. The number of carboxylic acid groups (broad SMARTS) is 1. The lowest BCUT2D eigenvalue weighted by Gasteiger charge is -2.32. The molecule has 0 aromatic carbocycles. The third-order valence-corrected chi connectivity index (χ3v) is 4.40. The van der Waals surface area contributed by atoms with Crippen LogP contribution in [0.4, 0.5) is 4.79 Å². The van der Waals surface area contributed by atoms with Crippen LogP contribution in [0.15, 0.2) is 12.2 Å². The van der Waals surface area contributed by atoms with E-state index in [2.05, 4.69) is 5.32 Å². The summed E-state index contributed by atoms with van der Waals surface area (Å²) >= 11 is 0. The summed E-state index contributed by atoms with van der Waals surface area (Å²) in [4.78, 5) is 22.1. The van der Waals surface area contributed by atoms with Crippen molar-refractivity contribution in [2.75, 3.05) is 13.2 Å². The monoisotopic (exact) mass is 358 g/mol. The van der Waals surface area contributed by atoms with Crippen LogP contribution >= 0.6 is 0 Å². The van der Waals surface area contributed by atoms with Crippen molar-refractivity contribution in [2.45, 2.75) is 69.1 Å². The molecule has 1 aliphatic rings. The Bertz CT molecular complexity index is 456. The van der Waals surface area contributed by atoms with Crippen LogP contribution < -0.4 is 11.1 Å². The first kappa shape index (κ1) is 21.4. The molecule has 8 nitrogen and oxygen atoms in total. The van der Waals surface area contributed by atoms with Crippen LogP contribution in [0.25, 0.3) is 0 Å². The molecule has 2 unspecified atom stereocenters. The number of hydrogen-bond donors (Lipinski definition) is 5. The molecular weight excluding hydrogens is 328 g/mol. The average Bonchev–Trinajstić information content (AvgIpc) is 2.55. The summed E-state index contributed by atoms with van der Waals surface area (Å²) in [6, 6.07) is -0.878. The number of nitrogens with one attached hydrogen (secondary N) is 1. The van der Waals surface area contributed by atoms with Gasteiger partial charge in [0.15, 0.2) is 0 Å². The van der Waals surface area contributed by atoms with E-state index in [1.165, 1.54) is 0 Å². The highest BCUT2D eigenvalue weighted by Crippen LogP contribution is 2.26. The molecule has 0 heterocycles. The van der Waals surface area contributed by atoms with Gasteiger partial charge in [0.25, 0.3) is 0 Å². The number of carboxylic acids is 1. The molecule has 0 radical (unpaired) electrons. The Labute approximate surface area is 148 Å². The summed E-state index contributed by atoms with van der Waals surface area (Å²) in [6.07, 6.45) is 6.73. The lowest BCUT2D eigenvalue weighted by atomic mass is 9.85. The highest BCUT2D eigenvalue weighted by Gasteiger charge is 2.34. The van der Waals surface area contributed by atoms with Gasteiger partial charge >= 0.3 is 12.1 Å². The van der Waals surface area contributed by atoms with E-state index in [0.717, 1.165) is 19.3 Å². The number of unbranched alkanes of at least 4 members (excludes halogenated alkanes) is 1. The van der Waals surface area contributed by atoms with E-state index >= 15 is 0 Å². The molecule has 25 heavy (non-hydrogen) atoms. The molecule has 0 aromatic rings. The summed E-state index contributed by atoms with van der Waals surface area (Å²) in [5.41, 5.74) is 4.11. The summed E-state index contributed by atoms with van der Waals surface area (Å²) in [7, 11) is 0. The standard InChI is InChI=1S/C17H30N2O6/c18-13(15(21)22)7-4-6-11-19-16(23)25-12-10-17(24)9-5-2-1-3-8-14(17)20/h3,8,13-14,20,24H,1-2,4-7,9-12,18H2,(H,19,23)(H,21,22)/b8-3+/t13-,14?,17?/m0/s1. The second-order valence-electron chi connectivity index (χ2n) is 6.48. The van der Waals surface area contributed by atoms with Crippen molar-refractivity contribution in [3.63, 3.8) is 0 Å². The SMILES string of the molecule is N[C@@H](CCCCNC(=O)OCCC1(O)CCCC/C=C/C1O)C(=O)O. The zero-order valence-electron chi connectivity index (χ0n) is 14.5. The van der Waals surface area contributed by atoms with Crippen molar-refractivity contribution in [3.05, 3.63) is 12.2 Å². The van der Waals surface area contributed by atoms with Crippen molar-refractivity contribution in [3.8, 4) is 0 Å². The quantitative estimate of drug-likeness (QED) is 0.304. The summed E-state index contributed by atoms with van der Waals surface area (Å²) in [5, 5.41) is 31.8. The summed E-state index contributed by atoms with van der Waals surface area (Å²) in [6.45, 7) is 0.373. The Morgan fingerprint density at radius 2 is 2.12 bits per heavy atom. The first-order chi connectivity index (χ1) is 11.8. The number of rotatable bonds is 9. The van der Waals surface area contributed by atoms with Gasteiger partial charge in [-0.05, 0) is 38.5 Å². The predicted molar refractivity (Wildman–Crippen MR) is 92.0 cm³/mol. The van der Waals surface area contributed by atoms with Crippen molar-refractivity contribution < 1.29 is 29.6 Å². The maximum Gasteiger partial charge on any atom is 0.407 e. The Morgan fingerprint density at radius 3 is 2.84 bits per heavy atom. The fourth-order valence-electron chi connectivity index (χ4n) is 2.69. The number of amides is 1. The number of carbonyl (C=O) groups is 2. The number of nitrogens with two attached hydrogens (primary N) is 1. The minimum absolute atomic E-state index is 0.0110. The van der Waals surface area contributed by atoms with Crippen LogP contribution in [0.1, 0.15) is 51.4 Å². The number of carbonyl (C=O) groups excluding carboxylic acids is 1. The van der Waals surface area contributed by atoms with Gasteiger partial charge in [0.1, 0.15) is 12.1 Å². The molecule has 1 aliphatic carbocycles. The van der Waals surface area contributed by atoms with E-state index in [-0.39, 0.29) is 13.0 Å². The van der Waals surface area contributed by atoms with Gasteiger partial charge in [0, 0.05) is 13.0 Å². The molecule has 1 rings (SSSR count). The zero-order chi connectivity index (χ0) is 18.7. The molecule has 0 spiro atoms. The average molecular weight is 358 g/mol. The van der Waals surface area contributed by atoms with E-state index < -0.39 is 29.8 Å². The smallest absolute Gasteiger partial charge is 0.407 e. The number of aliphatic hydroxyl groups is 2. The number of alkyl carbamates (subject to hydrolysis) is 1. The van der Waals surface area contributed by atoms with Crippen LogP contribution in [0.5, 0.6) is 0 Å². The first-order valence-corrected chi connectivity index (χ1v) is 8.81. The molecule has 0 fully saturated rings. The Morgan fingerprint density at radius 1 is 1.36 bits per heavy atom. The van der Waals surface area contributed by atoms with Gasteiger partial charge in [0.2, 0.25) is 0 Å². The van der Waals surface area contributed by atoms with Crippen LogP contribution in [0, 0.1) is 0 Å². The van der Waals surface area contributed by atoms with Gasteiger partial charge in [-0.25, -0.2) is 4.79 Å². The van der Waals surface area contributed by atoms with E-state index in [4.69, 9.17) is 15.6 Å². The molecule has 8 heteroatoms. The van der Waals surface area contributed by atoms with E-state index in [1.54, 1.807) is 6.08 Å². The Balaban J connectivity index is 2.18. The largest absolute Gasteiger partial charge is 0.480 e. The number of ether oxygens (including phenoxy) is 1. The lowest BCUT2D eigenvalue weighted by molar-refractivity contribution is -0.138. The highest BCUT2D eigenvalue weighted by atomic mass is 16.5. The number of hydrogen-bond acceptors (Lipinski definition) is 6. The molecule has 6 N–H and O–H groups in total. The molecule has 0 saturated heterocycles. The number of aliphatic carboxylic acids is 1. The van der Waals surface area contributed by atoms with Crippen molar-refractivity contribution >= 4 is 12.1 Å². The Hall–Kier alpha value is -1.64. The van der Waals surface area contributed by atoms with Crippen molar-refractivity contribution in [2.24, 2.45) is 5.73 Å². The molecule has 1 amide bonds. The van der Waals surface area contributed by atoms with E-state index in [9.17, 15) is 19.8 Å². The topological polar surface area (TPSA) is 142 Å². The van der Waals surface area contributed by atoms with Gasteiger partial charge in [-0.1, -0.05) is 18.6 Å². The molecule has 0 aliphatic heterocycles. The highest BCUT2D eigenvalue weighted by molar-refractivity contribution is 5.72. The van der Waals surface area contributed by atoms with Crippen LogP contribution in [-0.4, -0.2) is 58.3 Å². The predicted octanol–water partition coefficient (Wildman–Crippen LogP) is 0.907. The maximum absolute atomic E-state index is 11.6. The minimum Gasteiger partial charge on any atom is -0.480 e. The van der Waals surface area contributed by atoms with Gasteiger partial charge in [-0.2, -0.15) is 0 Å². The third kappa shape index (κ3) is 8.33. The fourth-order valence-corrected chi connectivity index (χ4v) is 2.69. The van der Waals surface area contributed by atoms with Gasteiger partial charge in [-0.15, -0.1) is 0 Å². The lowest BCUT2D eigenvalue weighted by Crippen LogP contribution is -2.43. The second kappa shape index (κ2) is 11.1. The second-order valence-corrected chi connectivity index (χ2v) is 6.48. The molecular formula is C17H30N2O6. The Kier molecular flexibility index (Phi) is 9.48. The molecule has 0 bridgehead atoms. The van der Waals surface area contributed by atoms with E-state index in [0.29, 0.717) is 32.2 Å². The van der Waals surface area contributed by atoms with Crippen LogP contribution in [0.2, 0.25) is 0 Å². The normalized spacial score (nSPS) is 26.1. The molecule has 3 atom stereocenters. The van der Waals surface area contributed by atoms with Gasteiger partial charge in [-0.3, -0.25) is 4.79 Å². The molecule has 144 valence electrons. The van der Waals surface area contributed by atoms with E-state index in [1.807, 2.05) is 6.08 Å². The number of aliphatic hydroxyl groups excluding tert-OH is 1. The van der Waals surface area contributed by atoms with Gasteiger partial charge < -0.3 is 31.1 Å². The molecule has 0 saturated carbocycles. The van der Waals surface area contributed by atoms with Crippen LogP contribution in [-0.2, 0) is 9.53 Å². The zero-order valence-corrected chi connectivity index (χ0v) is 14.5. The molecule has 0 aromatic heterocycles. The first-order valence-electron chi connectivity index (χ1n) is 8.81. The fraction of sp³-hybridized carbons (Fsp3) is 0.765. The maximum atomic E-state index is 11.6. The van der Waals surface area contributed by atoms with Gasteiger partial charge in [0.05, 0.1) is 12.2 Å². The summed E-state index contributed by atoms with van der Waals surface area (Å²) < 4.78 is 5.03.